The number of ether oxygens (including phenoxy) is 1. The van der Waals surface area contributed by atoms with Crippen LogP contribution in [0.5, 0.6) is 0 Å². The highest BCUT2D eigenvalue weighted by atomic mass is 16.5. The van der Waals surface area contributed by atoms with Gasteiger partial charge in [0.05, 0.1) is 23.7 Å². The van der Waals surface area contributed by atoms with Crippen molar-refractivity contribution in [1.82, 2.24) is 5.43 Å². The molecular formula is C31H40N2O6. The number of esters is 1. The Bertz CT molecular complexity index is 1200. The minimum atomic E-state index is -1.16. The quantitative estimate of drug-likeness (QED) is 0.260. The molecule has 4 aliphatic carbocycles. The number of benzene rings is 1. The molecule has 8 heteroatoms. The smallest absolute Gasteiger partial charge is 0.331 e. The number of carbonyl (C=O) groups excluding carboxylic acids is 2. The molecule has 8 nitrogen and oxygen atoms in total. The SMILES string of the molecule is CC12CC[C@H]3[C@@H](CCC4(O)C[C@H](O)CCC34/C=N/NC(=O)Cc3ccccc3)C1(O)CCC2C1=CC(=O)OC1. The van der Waals surface area contributed by atoms with Gasteiger partial charge in [0.25, 0.3) is 0 Å². The molecule has 210 valence electrons. The zero-order valence-corrected chi connectivity index (χ0v) is 22.6. The first kappa shape index (κ1) is 26.7. The Kier molecular flexibility index (Phi) is 6.51. The summed E-state index contributed by atoms with van der Waals surface area (Å²) in [6.07, 6.45) is 8.48. The third-order valence-electron chi connectivity index (χ3n) is 11.3. The number of fused-ring (bicyclic) bond motifs is 5. The van der Waals surface area contributed by atoms with E-state index in [1.54, 1.807) is 12.3 Å². The highest BCUT2D eigenvalue weighted by molar-refractivity contribution is 5.85. The second kappa shape index (κ2) is 9.53. The molecule has 4 N–H and O–H groups in total. The summed E-state index contributed by atoms with van der Waals surface area (Å²) >= 11 is 0. The van der Waals surface area contributed by atoms with Crippen molar-refractivity contribution in [2.24, 2.45) is 33.7 Å². The molecule has 1 aliphatic heterocycles. The molecule has 5 unspecified atom stereocenters. The minimum absolute atomic E-state index is 0.0363. The largest absolute Gasteiger partial charge is 0.458 e. The number of aliphatic hydroxyl groups is 3. The first-order chi connectivity index (χ1) is 18.6. The van der Waals surface area contributed by atoms with Gasteiger partial charge in [-0.15, -0.1) is 0 Å². The molecule has 0 saturated heterocycles. The number of hydrogen-bond acceptors (Lipinski definition) is 7. The minimum Gasteiger partial charge on any atom is -0.458 e. The average Bonchev–Trinajstić information content (AvgIpc) is 3.44. The van der Waals surface area contributed by atoms with Crippen molar-refractivity contribution in [2.45, 2.75) is 88.4 Å². The van der Waals surface area contributed by atoms with E-state index in [4.69, 9.17) is 4.74 Å². The second-order valence-corrected chi connectivity index (χ2v) is 13.0. The number of carbonyl (C=O) groups is 2. The molecule has 4 fully saturated rings. The number of amides is 1. The van der Waals surface area contributed by atoms with Crippen LogP contribution in [0.1, 0.15) is 70.3 Å². The van der Waals surface area contributed by atoms with E-state index in [1.807, 2.05) is 30.3 Å². The molecule has 0 aromatic heterocycles. The third-order valence-corrected chi connectivity index (χ3v) is 11.3. The van der Waals surface area contributed by atoms with Gasteiger partial charge < -0.3 is 20.1 Å². The molecule has 1 aromatic rings. The summed E-state index contributed by atoms with van der Waals surface area (Å²) < 4.78 is 5.23. The van der Waals surface area contributed by atoms with Gasteiger partial charge in [-0.1, -0.05) is 37.3 Å². The van der Waals surface area contributed by atoms with Gasteiger partial charge in [-0.05, 0) is 80.3 Å². The van der Waals surface area contributed by atoms with E-state index >= 15 is 0 Å². The van der Waals surface area contributed by atoms with Crippen LogP contribution in [0.4, 0.5) is 0 Å². The van der Waals surface area contributed by atoms with Crippen LogP contribution in [0.15, 0.2) is 47.1 Å². The number of cyclic esters (lactones) is 1. The summed E-state index contributed by atoms with van der Waals surface area (Å²) in [5.74, 6) is -0.528. The van der Waals surface area contributed by atoms with E-state index in [1.165, 1.54) is 0 Å². The summed E-state index contributed by atoms with van der Waals surface area (Å²) in [6.45, 7) is 2.47. The maximum absolute atomic E-state index is 12.6. The van der Waals surface area contributed by atoms with Gasteiger partial charge in [0.15, 0.2) is 0 Å². The van der Waals surface area contributed by atoms with Crippen LogP contribution in [-0.4, -0.2) is 57.3 Å². The van der Waals surface area contributed by atoms with Gasteiger partial charge in [-0.3, -0.25) is 4.79 Å². The number of hydrogen-bond donors (Lipinski definition) is 4. The van der Waals surface area contributed by atoms with Crippen LogP contribution in [0.25, 0.3) is 0 Å². The Morgan fingerprint density at radius 2 is 1.85 bits per heavy atom. The van der Waals surface area contributed by atoms with E-state index in [0.29, 0.717) is 38.7 Å². The predicted molar refractivity (Wildman–Crippen MR) is 144 cm³/mol. The molecule has 0 radical (unpaired) electrons. The standard InChI is InChI=1S/C31H40N2O6/c1-28-11-8-24-25(31(28,38)14-10-23(28)21-16-27(36)39-18-21)9-13-30(37)17-22(34)7-12-29(24,30)19-32-33-26(35)15-20-5-3-2-4-6-20/h2-6,16,19,22-25,34,37-38H,7-15,17-18H2,1H3,(H,33,35)/b32-19+/t22-,23?,24+,25-,28?,29?,30?,31?/m1/s1. The molecule has 6 rings (SSSR count). The molecule has 1 amide bonds. The van der Waals surface area contributed by atoms with Crippen LogP contribution in [0.2, 0.25) is 0 Å². The van der Waals surface area contributed by atoms with Gasteiger partial charge in [0.1, 0.15) is 6.61 Å². The van der Waals surface area contributed by atoms with E-state index < -0.39 is 22.7 Å². The average molecular weight is 537 g/mol. The zero-order valence-electron chi connectivity index (χ0n) is 22.6. The molecule has 4 saturated carbocycles. The fraction of sp³-hybridized carbons (Fsp3) is 0.645. The first-order valence-electron chi connectivity index (χ1n) is 14.5. The Hall–Kier alpha value is -2.55. The van der Waals surface area contributed by atoms with Crippen molar-refractivity contribution in [3.05, 3.63) is 47.5 Å². The van der Waals surface area contributed by atoms with Crippen molar-refractivity contribution in [3.63, 3.8) is 0 Å². The Morgan fingerprint density at radius 3 is 2.59 bits per heavy atom. The Morgan fingerprint density at radius 1 is 1.08 bits per heavy atom. The Balaban J connectivity index is 1.29. The Labute approximate surface area is 229 Å². The van der Waals surface area contributed by atoms with Gasteiger partial charge in [0.2, 0.25) is 5.91 Å². The molecule has 0 bridgehead atoms. The van der Waals surface area contributed by atoms with E-state index in [0.717, 1.165) is 30.4 Å². The molecule has 39 heavy (non-hydrogen) atoms. The molecule has 1 aromatic carbocycles. The van der Waals surface area contributed by atoms with Crippen LogP contribution < -0.4 is 5.43 Å². The summed E-state index contributed by atoms with van der Waals surface area (Å²) in [4.78, 5) is 24.5. The molecule has 1 heterocycles. The fourth-order valence-electron chi connectivity index (χ4n) is 9.40. The molecule has 0 spiro atoms. The van der Waals surface area contributed by atoms with Crippen molar-refractivity contribution in [3.8, 4) is 0 Å². The fourth-order valence-corrected chi connectivity index (χ4v) is 9.40. The maximum Gasteiger partial charge on any atom is 0.331 e. The second-order valence-electron chi connectivity index (χ2n) is 13.0. The topological polar surface area (TPSA) is 128 Å². The van der Waals surface area contributed by atoms with Crippen LogP contribution >= 0.6 is 0 Å². The van der Waals surface area contributed by atoms with Crippen molar-refractivity contribution < 1.29 is 29.6 Å². The van der Waals surface area contributed by atoms with E-state index in [9.17, 15) is 24.9 Å². The van der Waals surface area contributed by atoms with Crippen molar-refractivity contribution in [2.75, 3.05) is 6.61 Å². The predicted octanol–water partition coefficient (Wildman–Crippen LogP) is 3.04. The van der Waals surface area contributed by atoms with Gasteiger partial charge in [-0.25, -0.2) is 10.2 Å². The van der Waals surface area contributed by atoms with Gasteiger partial charge >= 0.3 is 5.97 Å². The number of hydrazone groups is 1. The lowest BCUT2D eigenvalue weighted by molar-refractivity contribution is -0.237. The van der Waals surface area contributed by atoms with E-state index in [2.05, 4.69) is 17.5 Å². The van der Waals surface area contributed by atoms with Gasteiger partial charge in [0, 0.05) is 29.5 Å². The maximum atomic E-state index is 12.6. The monoisotopic (exact) mass is 536 g/mol. The van der Waals surface area contributed by atoms with Crippen LogP contribution in [-0.2, 0) is 20.7 Å². The molecular weight excluding hydrogens is 496 g/mol. The lowest BCUT2D eigenvalue weighted by Gasteiger charge is -2.65. The summed E-state index contributed by atoms with van der Waals surface area (Å²) in [5.41, 5.74) is 1.32. The van der Waals surface area contributed by atoms with Crippen LogP contribution in [0, 0.1) is 28.6 Å². The number of aliphatic hydroxyl groups excluding tert-OH is 1. The number of nitrogens with zero attached hydrogens (tertiary/aromatic N) is 1. The number of nitrogens with one attached hydrogen (secondary N) is 1. The normalized spacial score (nSPS) is 43.3. The van der Waals surface area contributed by atoms with E-state index in [-0.39, 0.29) is 47.9 Å². The molecule has 5 aliphatic rings. The first-order valence-corrected chi connectivity index (χ1v) is 14.5. The summed E-state index contributed by atoms with van der Waals surface area (Å²) in [6, 6.07) is 9.48. The summed E-state index contributed by atoms with van der Waals surface area (Å²) in [7, 11) is 0. The lowest BCUT2D eigenvalue weighted by Crippen LogP contribution is -2.68. The summed E-state index contributed by atoms with van der Waals surface area (Å²) in [5, 5.41) is 39.5. The van der Waals surface area contributed by atoms with Crippen molar-refractivity contribution >= 4 is 18.1 Å². The third kappa shape index (κ3) is 4.09. The number of rotatable bonds is 5. The van der Waals surface area contributed by atoms with Gasteiger partial charge in [-0.2, -0.15) is 5.10 Å². The van der Waals surface area contributed by atoms with Crippen molar-refractivity contribution in [1.29, 1.82) is 0 Å². The van der Waals surface area contributed by atoms with Crippen LogP contribution in [0.3, 0.4) is 0 Å². The highest BCUT2D eigenvalue weighted by Crippen LogP contribution is 2.70. The zero-order chi connectivity index (χ0) is 27.5. The highest BCUT2D eigenvalue weighted by Gasteiger charge is 2.71. The lowest BCUT2D eigenvalue weighted by atomic mass is 9.41. The molecule has 8 atom stereocenters.